The molecule has 1 heteroatoms. The van der Waals surface area contributed by atoms with E-state index in [1.54, 1.807) is 0 Å². The van der Waals surface area contributed by atoms with Crippen LogP contribution in [0.15, 0.2) is 130 Å². The van der Waals surface area contributed by atoms with Gasteiger partial charge in [0.2, 0.25) is 0 Å². The normalized spacial score (nSPS) is 25.0. The quantitative estimate of drug-likeness (QED) is 0.261. The van der Waals surface area contributed by atoms with Gasteiger partial charge in [0.15, 0.2) is 0 Å². The highest BCUT2D eigenvalue weighted by molar-refractivity contribution is 5.39. The van der Waals surface area contributed by atoms with Crippen molar-refractivity contribution < 1.29 is 5.11 Å². The van der Waals surface area contributed by atoms with Gasteiger partial charge in [-0.2, -0.15) is 0 Å². The smallest absolute Gasteiger partial charge is 0.0585 e. The van der Waals surface area contributed by atoms with Crippen LogP contribution in [0.4, 0.5) is 0 Å². The van der Waals surface area contributed by atoms with Gasteiger partial charge in [0.1, 0.15) is 0 Å². The molecule has 0 aromatic rings. The van der Waals surface area contributed by atoms with Crippen molar-refractivity contribution in [2.75, 3.05) is 0 Å². The molecule has 0 spiro atoms. The number of rotatable bonds is 10. The SMILES string of the molecule is CC1=C(/C=C/C(C)=C/C=C/C(C)=C/C=C/C=C(C)/C=C/C=C(C)/C=C/C2=C(C)C[C@@H](O)CC2(C)C)C(C)(C)C[C@@H](C)C1. The van der Waals surface area contributed by atoms with Crippen LogP contribution in [0.25, 0.3) is 0 Å². The monoisotopic (exact) mass is 566 g/mol. The largest absolute Gasteiger partial charge is 0.393 e. The first-order valence-electron chi connectivity index (χ1n) is 15.8. The van der Waals surface area contributed by atoms with Crippen molar-refractivity contribution in [2.45, 2.75) is 108 Å². The summed E-state index contributed by atoms with van der Waals surface area (Å²) >= 11 is 0. The number of aliphatic hydroxyl groups is 1. The van der Waals surface area contributed by atoms with Gasteiger partial charge >= 0.3 is 0 Å². The lowest BCUT2D eigenvalue weighted by Gasteiger charge is -2.36. The number of hydrogen-bond donors (Lipinski definition) is 1. The zero-order valence-electron chi connectivity index (χ0n) is 28.5. The molecular weight excluding hydrogens is 508 g/mol. The molecule has 42 heavy (non-hydrogen) atoms. The van der Waals surface area contributed by atoms with Crippen LogP contribution in [-0.2, 0) is 0 Å². The highest BCUT2D eigenvalue weighted by Gasteiger charge is 2.31. The Balaban J connectivity index is 1.90. The van der Waals surface area contributed by atoms with Gasteiger partial charge in [-0.3, -0.25) is 0 Å². The highest BCUT2D eigenvalue weighted by atomic mass is 16.3. The van der Waals surface area contributed by atoms with Gasteiger partial charge in [0.25, 0.3) is 0 Å². The van der Waals surface area contributed by atoms with E-state index in [-0.39, 0.29) is 16.9 Å². The number of allylic oxidation sites excluding steroid dienone is 21. The average Bonchev–Trinajstić information content (AvgIpc) is 2.84. The van der Waals surface area contributed by atoms with Gasteiger partial charge in [0.05, 0.1) is 6.10 Å². The summed E-state index contributed by atoms with van der Waals surface area (Å²) < 4.78 is 0. The molecule has 0 aromatic heterocycles. The summed E-state index contributed by atoms with van der Waals surface area (Å²) in [6.45, 7) is 24.6. The predicted molar refractivity (Wildman–Crippen MR) is 187 cm³/mol. The molecule has 2 rings (SSSR count). The summed E-state index contributed by atoms with van der Waals surface area (Å²) in [5.74, 6) is 0.773. The summed E-state index contributed by atoms with van der Waals surface area (Å²) in [6, 6.07) is 0. The van der Waals surface area contributed by atoms with Crippen LogP contribution < -0.4 is 0 Å². The first kappa shape index (κ1) is 35.3. The minimum Gasteiger partial charge on any atom is -0.393 e. The zero-order chi connectivity index (χ0) is 31.5. The molecule has 0 saturated heterocycles. The van der Waals surface area contributed by atoms with Gasteiger partial charge in [-0.15, -0.1) is 0 Å². The van der Waals surface area contributed by atoms with Gasteiger partial charge < -0.3 is 5.11 Å². The topological polar surface area (TPSA) is 20.2 Å². The van der Waals surface area contributed by atoms with Crippen LogP contribution in [-0.4, -0.2) is 11.2 Å². The van der Waals surface area contributed by atoms with Crippen LogP contribution in [0.3, 0.4) is 0 Å². The second kappa shape index (κ2) is 16.1. The summed E-state index contributed by atoms with van der Waals surface area (Å²) in [7, 11) is 0. The third-order valence-electron chi connectivity index (χ3n) is 8.47. The van der Waals surface area contributed by atoms with Crippen molar-refractivity contribution in [1.82, 2.24) is 0 Å². The minimum absolute atomic E-state index is 0.0119. The van der Waals surface area contributed by atoms with Gasteiger partial charge in [0, 0.05) is 0 Å². The molecule has 0 bridgehead atoms. The lowest BCUT2D eigenvalue weighted by atomic mass is 9.69. The molecule has 0 unspecified atom stereocenters. The molecule has 2 atom stereocenters. The summed E-state index contributed by atoms with van der Waals surface area (Å²) in [4.78, 5) is 0. The van der Waals surface area contributed by atoms with Crippen molar-refractivity contribution in [1.29, 1.82) is 0 Å². The Morgan fingerprint density at radius 3 is 1.40 bits per heavy atom. The molecule has 1 nitrogen and oxygen atoms in total. The van der Waals surface area contributed by atoms with E-state index in [0.717, 1.165) is 18.8 Å². The Kier molecular flexibility index (Phi) is 13.5. The Bertz CT molecular complexity index is 1180. The molecule has 2 aliphatic carbocycles. The predicted octanol–water partition coefficient (Wildman–Crippen LogP) is 11.8. The second-order valence-corrected chi connectivity index (χ2v) is 14.1. The molecule has 0 amide bonds. The van der Waals surface area contributed by atoms with Gasteiger partial charge in [-0.1, -0.05) is 153 Å². The molecule has 1 N–H and O–H groups in total. The van der Waals surface area contributed by atoms with Crippen molar-refractivity contribution in [3.05, 3.63) is 130 Å². The molecule has 0 fully saturated rings. The fraction of sp³-hybridized carbons (Fsp3) is 0.463. The van der Waals surface area contributed by atoms with Crippen molar-refractivity contribution in [2.24, 2.45) is 16.7 Å². The van der Waals surface area contributed by atoms with E-state index in [2.05, 4.69) is 161 Å². The number of hydrogen-bond acceptors (Lipinski definition) is 1. The highest BCUT2D eigenvalue weighted by Crippen LogP contribution is 2.43. The molecular formula is C41H58O. The molecule has 0 heterocycles. The van der Waals surface area contributed by atoms with Crippen molar-refractivity contribution >= 4 is 0 Å². The lowest BCUT2D eigenvalue weighted by Crippen LogP contribution is -2.28. The van der Waals surface area contributed by atoms with E-state index in [1.807, 2.05) is 0 Å². The van der Waals surface area contributed by atoms with Gasteiger partial charge in [-0.05, 0) is 95.1 Å². The van der Waals surface area contributed by atoms with Crippen molar-refractivity contribution in [3.8, 4) is 0 Å². The van der Waals surface area contributed by atoms with E-state index < -0.39 is 0 Å². The summed E-state index contributed by atoms with van der Waals surface area (Å²) in [5.41, 5.74) is 10.9. The van der Waals surface area contributed by atoms with E-state index in [9.17, 15) is 5.11 Å². The Morgan fingerprint density at radius 1 is 0.595 bits per heavy atom. The lowest BCUT2D eigenvalue weighted by molar-refractivity contribution is 0.116. The fourth-order valence-electron chi connectivity index (χ4n) is 6.58. The third kappa shape index (κ3) is 11.8. The minimum atomic E-state index is -0.221. The number of aliphatic hydroxyl groups excluding tert-OH is 1. The maximum atomic E-state index is 10.1. The van der Waals surface area contributed by atoms with Crippen LogP contribution in [0.2, 0.25) is 0 Å². The average molecular weight is 567 g/mol. The third-order valence-corrected chi connectivity index (χ3v) is 8.47. The molecule has 0 saturated carbocycles. The fourth-order valence-corrected chi connectivity index (χ4v) is 6.58. The van der Waals surface area contributed by atoms with Crippen LogP contribution >= 0.6 is 0 Å². The first-order chi connectivity index (χ1) is 19.6. The van der Waals surface area contributed by atoms with Crippen molar-refractivity contribution in [3.63, 3.8) is 0 Å². The Labute approximate surface area is 259 Å². The molecule has 0 aromatic carbocycles. The second-order valence-electron chi connectivity index (χ2n) is 14.1. The standard InChI is InChI=1S/C41H58O/c1-30(18-14-20-32(3)22-24-38-35(6)26-34(5)28-40(38,8)9)16-12-13-17-31(2)19-15-21-33(4)23-25-39-36(7)27-37(42)29-41(39,10)11/h12-25,34,37,42H,26-29H2,1-11H3/b13-12+,18-14+,19-15+,24-22+,25-23+,30-16+,31-17+,32-20+,33-21+/t34-,37+/m0/s1. The zero-order valence-corrected chi connectivity index (χ0v) is 28.5. The van der Waals surface area contributed by atoms with Crippen LogP contribution in [0.1, 0.15) is 102 Å². The maximum Gasteiger partial charge on any atom is 0.0585 e. The Hall–Kier alpha value is -2.90. The van der Waals surface area contributed by atoms with Gasteiger partial charge in [-0.25, -0.2) is 0 Å². The summed E-state index contributed by atoms with van der Waals surface area (Å²) in [5, 5.41) is 10.1. The van der Waals surface area contributed by atoms with Crippen LogP contribution in [0.5, 0.6) is 0 Å². The summed E-state index contributed by atoms with van der Waals surface area (Å²) in [6.07, 6.45) is 34.2. The molecule has 228 valence electrons. The van der Waals surface area contributed by atoms with E-state index >= 15 is 0 Å². The maximum absolute atomic E-state index is 10.1. The Morgan fingerprint density at radius 2 is 0.976 bits per heavy atom. The first-order valence-corrected chi connectivity index (χ1v) is 15.8. The molecule has 2 aliphatic rings. The molecule has 0 radical (unpaired) electrons. The van der Waals surface area contributed by atoms with E-state index in [4.69, 9.17) is 0 Å². The van der Waals surface area contributed by atoms with Crippen LogP contribution in [0, 0.1) is 16.7 Å². The van der Waals surface area contributed by atoms with E-state index in [0.29, 0.717) is 0 Å². The van der Waals surface area contributed by atoms with E-state index in [1.165, 1.54) is 57.4 Å². The molecule has 0 aliphatic heterocycles.